The molecular formula is C13H17ClN2OS. The number of nitrogens with one attached hydrogen (secondary N) is 2. The van der Waals surface area contributed by atoms with Gasteiger partial charge < -0.3 is 10.6 Å². The lowest BCUT2D eigenvalue weighted by molar-refractivity contribution is -0.122. The summed E-state index contributed by atoms with van der Waals surface area (Å²) in [5, 5.41) is 6.93. The highest BCUT2D eigenvalue weighted by atomic mass is 35.5. The Labute approximate surface area is 117 Å². The minimum absolute atomic E-state index is 0.0334. The van der Waals surface area contributed by atoms with Crippen molar-refractivity contribution in [3.8, 4) is 0 Å². The fourth-order valence-corrected chi connectivity index (χ4v) is 2.90. The molecule has 98 valence electrons. The minimum atomic E-state index is -0.0334. The van der Waals surface area contributed by atoms with Gasteiger partial charge in [-0.3, -0.25) is 4.79 Å². The van der Waals surface area contributed by atoms with Crippen LogP contribution < -0.4 is 10.6 Å². The summed E-state index contributed by atoms with van der Waals surface area (Å²) in [6, 6.07) is 7.69. The van der Waals surface area contributed by atoms with E-state index in [9.17, 15) is 4.79 Å². The predicted octanol–water partition coefficient (Wildman–Crippen LogP) is 1.70. The number of thioether (sulfide) groups is 1. The normalized spacial score (nSPS) is 19.5. The molecule has 1 aliphatic rings. The van der Waals surface area contributed by atoms with Crippen LogP contribution in [0.2, 0.25) is 5.02 Å². The number of benzene rings is 1. The molecule has 0 spiro atoms. The van der Waals surface area contributed by atoms with Gasteiger partial charge in [-0.25, -0.2) is 0 Å². The Bertz CT molecular complexity index is 390. The second-order valence-electron chi connectivity index (χ2n) is 4.25. The first-order valence-electron chi connectivity index (χ1n) is 6.09. The molecule has 5 heteroatoms. The molecule has 0 aliphatic carbocycles. The minimum Gasteiger partial charge on any atom is -0.354 e. The van der Waals surface area contributed by atoms with Gasteiger partial charge >= 0.3 is 0 Å². The molecule has 1 aliphatic heterocycles. The Morgan fingerprint density at radius 3 is 2.89 bits per heavy atom. The summed E-state index contributed by atoms with van der Waals surface area (Å²) >= 11 is 7.64. The Morgan fingerprint density at radius 1 is 1.44 bits per heavy atom. The van der Waals surface area contributed by atoms with Gasteiger partial charge in [0, 0.05) is 29.6 Å². The van der Waals surface area contributed by atoms with Gasteiger partial charge in [0.15, 0.2) is 0 Å². The van der Waals surface area contributed by atoms with Gasteiger partial charge in [0.1, 0.15) is 0 Å². The van der Waals surface area contributed by atoms with Crippen LogP contribution in [0.3, 0.4) is 0 Å². The van der Waals surface area contributed by atoms with Crippen molar-refractivity contribution in [1.82, 2.24) is 10.6 Å². The number of hydrogen-bond donors (Lipinski definition) is 2. The van der Waals surface area contributed by atoms with Crippen molar-refractivity contribution in [1.29, 1.82) is 0 Å². The van der Waals surface area contributed by atoms with E-state index in [4.69, 9.17) is 11.6 Å². The largest absolute Gasteiger partial charge is 0.354 e. The smallest absolute Gasteiger partial charge is 0.238 e. The molecule has 1 saturated heterocycles. The molecule has 0 aromatic heterocycles. The first kappa shape index (κ1) is 13.7. The molecule has 0 saturated carbocycles. The van der Waals surface area contributed by atoms with E-state index in [1.807, 2.05) is 36.0 Å². The van der Waals surface area contributed by atoms with Crippen LogP contribution in [0, 0.1) is 0 Å². The number of carbonyl (C=O) groups excluding carboxylic acids is 1. The summed E-state index contributed by atoms with van der Waals surface area (Å²) in [4.78, 5) is 11.8. The van der Waals surface area contributed by atoms with Crippen molar-refractivity contribution in [2.24, 2.45) is 0 Å². The van der Waals surface area contributed by atoms with Crippen LogP contribution in [0.5, 0.6) is 0 Å². The molecule has 18 heavy (non-hydrogen) atoms. The predicted molar refractivity (Wildman–Crippen MR) is 77.3 cm³/mol. The molecule has 1 heterocycles. The van der Waals surface area contributed by atoms with Crippen LogP contribution in [0.25, 0.3) is 0 Å². The molecule has 0 radical (unpaired) electrons. The lowest BCUT2D eigenvalue weighted by atomic mass is 10.1. The van der Waals surface area contributed by atoms with Crippen molar-refractivity contribution in [3.63, 3.8) is 0 Å². The van der Waals surface area contributed by atoms with E-state index in [0.29, 0.717) is 6.54 Å². The van der Waals surface area contributed by atoms with Gasteiger partial charge in [-0.2, -0.15) is 11.8 Å². The number of halogens is 1. The highest BCUT2D eigenvalue weighted by molar-refractivity contribution is 7.99. The number of hydrogen-bond acceptors (Lipinski definition) is 3. The van der Waals surface area contributed by atoms with E-state index in [1.165, 1.54) is 5.56 Å². The maximum absolute atomic E-state index is 11.8. The fourth-order valence-electron chi connectivity index (χ4n) is 1.84. The average molecular weight is 285 g/mol. The molecule has 2 N–H and O–H groups in total. The molecule has 2 rings (SSSR count). The van der Waals surface area contributed by atoms with Crippen LogP contribution in [-0.2, 0) is 11.2 Å². The van der Waals surface area contributed by atoms with E-state index in [-0.39, 0.29) is 11.9 Å². The number of rotatable bonds is 4. The van der Waals surface area contributed by atoms with Gasteiger partial charge in [0.05, 0.1) is 6.04 Å². The van der Waals surface area contributed by atoms with Gasteiger partial charge in [-0.15, -0.1) is 0 Å². The lowest BCUT2D eigenvalue weighted by Gasteiger charge is -2.22. The van der Waals surface area contributed by atoms with Crippen molar-refractivity contribution in [3.05, 3.63) is 34.9 Å². The Morgan fingerprint density at radius 2 is 2.22 bits per heavy atom. The van der Waals surface area contributed by atoms with E-state index in [1.54, 1.807) is 0 Å². The lowest BCUT2D eigenvalue weighted by Crippen LogP contribution is -2.49. The van der Waals surface area contributed by atoms with Crippen LogP contribution in [-0.4, -0.2) is 36.5 Å². The first-order valence-corrected chi connectivity index (χ1v) is 7.62. The monoisotopic (exact) mass is 284 g/mol. The maximum atomic E-state index is 11.8. The van der Waals surface area contributed by atoms with E-state index in [2.05, 4.69) is 10.6 Å². The topological polar surface area (TPSA) is 41.1 Å². The van der Waals surface area contributed by atoms with Crippen LogP contribution in [0.1, 0.15) is 5.56 Å². The number of carbonyl (C=O) groups is 1. The van der Waals surface area contributed by atoms with Gasteiger partial charge in [0.2, 0.25) is 5.91 Å². The third-order valence-electron chi connectivity index (χ3n) is 2.86. The molecule has 0 bridgehead atoms. The first-order chi connectivity index (χ1) is 8.75. The fraction of sp³-hybridized carbons (Fsp3) is 0.462. The van der Waals surface area contributed by atoms with Crippen LogP contribution >= 0.6 is 23.4 Å². The Kier molecular flexibility index (Phi) is 5.35. The molecule has 1 unspecified atom stereocenters. The van der Waals surface area contributed by atoms with Crippen molar-refractivity contribution in [2.75, 3.05) is 24.6 Å². The molecular weight excluding hydrogens is 268 g/mol. The average Bonchev–Trinajstić information content (AvgIpc) is 2.42. The van der Waals surface area contributed by atoms with Gasteiger partial charge in [-0.05, 0) is 24.1 Å². The highest BCUT2D eigenvalue weighted by Crippen LogP contribution is 2.10. The van der Waals surface area contributed by atoms with E-state index < -0.39 is 0 Å². The second-order valence-corrected chi connectivity index (χ2v) is 5.84. The van der Waals surface area contributed by atoms with Gasteiger partial charge in [-0.1, -0.05) is 23.7 Å². The summed E-state index contributed by atoms with van der Waals surface area (Å²) in [6.45, 7) is 1.59. The third kappa shape index (κ3) is 4.19. The summed E-state index contributed by atoms with van der Waals surface area (Å²) in [6.07, 6.45) is 0.836. The Balaban J connectivity index is 1.71. The quantitative estimate of drug-likeness (QED) is 0.884. The maximum Gasteiger partial charge on any atom is 0.238 e. The third-order valence-corrected chi connectivity index (χ3v) is 4.18. The van der Waals surface area contributed by atoms with Crippen molar-refractivity contribution in [2.45, 2.75) is 12.5 Å². The molecule has 1 amide bonds. The summed E-state index contributed by atoms with van der Waals surface area (Å²) in [7, 11) is 0. The number of amides is 1. The zero-order chi connectivity index (χ0) is 12.8. The summed E-state index contributed by atoms with van der Waals surface area (Å²) in [5.74, 6) is 2.07. The molecule has 3 nitrogen and oxygen atoms in total. The molecule has 1 aromatic carbocycles. The van der Waals surface area contributed by atoms with E-state index in [0.717, 1.165) is 29.5 Å². The highest BCUT2D eigenvalue weighted by Gasteiger charge is 2.19. The zero-order valence-corrected chi connectivity index (χ0v) is 11.7. The van der Waals surface area contributed by atoms with E-state index >= 15 is 0 Å². The van der Waals surface area contributed by atoms with Crippen LogP contribution in [0.15, 0.2) is 24.3 Å². The SMILES string of the molecule is O=C(NCCc1ccc(Cl)cc1)C1CSCCN1. The van der Waals surface area contributed by atoms with Crippen LogP contribution in [0.4, 0.5) is 0 Å². The Hall–Kier alpha value is -0.710. The second kappa shape index (κ2) is 7.02. The zero-order valence-electron chi connectivity index (χ0n) is 10.1. The molecule has 1 atom stereocenters. The molecule has 1 fully saturated rings. The van der Waals surface area contributed by atoms with Gasteiger partial charge in [0.25, 0.3) is 0 Å². The van der Waals surface area contributed by atoms with Crippen molar-refractivity contribution < 1.29 is 4.79 Å². The summed E-state index contributed by atoms with van der Waals surface area (Å²) < 4.78 is 0. The summed E-state index contributed by atoms with van der Waals surface area (Å²) in [5.41, 5.74) is 1.19. The van der Waals surface area contributed by atoms with Crippen molar-refractivity contribution >= 4 is 29.3 Å². The standard InChI is InChI=1S/C13H17ClN2OS/c14-11-3-1-10(2-4-11)5-6-16-13(17)12-9-18-8-7-15-12/h1-4,12,15H,5-9H2,(H,16,17). The molecule has 1 aromatic rings.